The lowest BCUT2D eigenvalue weighted by molar-refractivity contribution is 0.103. The fourth-order valence-corrected chi connectivity index (χ4v) is 2.17. The van der Waals surface area contributed by atoms with Gasteiger partial charge in [-0.05, 0) is 22.0 Å². The second-order valence-corrected chi connectivity index (χ2v) is 5.04. The maximum atomic E-state index is 11.7. The van der Waals surface area contributed by atoms with E-state index in [1.165, 1.54) is 16.0 Å². The van der Waals surface area contributed by atoms with Gasteiger partial charge < -0.3 is 0 Å². The van der Waals surface area contributed by atoms with Crippen molar-refractivity contribution < 1.29 is 4.79 Å². The standard InChI is InChI=1S/C8H6BrN3OS/c1-12-3-6(10-11-12)8(13)5-2-7(9)14-4-5/h2-4H,1H3. The van der Waals surface area contributed by atoms with Gasteiger partial charge in [-0.3, -0.25) is 9.48 Å². The van der Waals surface area contributed by atoms with Crippen LogP contribution in [0.15, 0.2) is 21.4 Å². The summed E-state index contributed by atoms with van der Waals surface area (Å²) < 4.78 is 2.44. The molecule has 0 N–H and O–H groups in total. The number of rotatable bonds is 2. The minimum absolute atomic E-state index is 0.0972. The summed E-state index contributed by atoms with van der Waals surface area (Å²) in [5.41, 5.74) is 1.01. The summed E-state index contributed by atoms with van der Waals surface area (Å²) in [5, 5.41) is 9.25. The number of carbonyl (C=O) groups excluding carboxylic acids is 1. The molecule has 0 unspecified atom stereocenters. The Hall–Kier alpha value is -1.01. The molecule has 0 saturated carbocycles. The van der Waals surface area contributed by atoms with Crippen LogP contribution in [-0.2, 0) is 7.05 Å². The third kappa shape index (κ3) is 1.76. The maximum absolute atomic E-state index is 11.7. The molecule has 14 heavy (non-hydrogen) atoms. The highest BCUT2D eigenvalue weighted by atomic mass is 79.9. The Morgan fingerprint density at radius 1 is 1.64 bits per heavy atom. The molecule has 0 fully saturated rings. The summed E-state index contributed by atoms with van der Waals surface area (Å²) in [6.45, 7) is 0. The van der Waals surface area contributed by atoms with Crippen LogP contribution in [-0.4, -0.2) is 20.8 Å². The zero-order chi connectivity index (χ0) is 10.1. The molecule has 0 radical (unpaired) electrons. The van der Waals surface area contributed by atoms with Gasteiger partial charge in [0.2, 0.25) is 5.78 Å². The molecule has 0 saturated heterocycles. The minimum atomic E-state index is -0.0972. The number of thiophene rings is 1. The van der Waals surface area contributed by atoms with E-state index < -0.39 is 0 Å². The summed E-state index contributed by atoms with van der Waals surface area (Å²) in [7, 11) is 1.73. The van der Waals surface area contributed by atoms with E-state index in [2.05, 4.69) is 26.2 Å². The van der Waals surface area contributed by atoms with Crippen LogP contribution in [0.4, 0.5) is 0 Å². The quantitative estimate of drug-likeness (QED) is 0.784. The molecule has 0 aromatic carbocycles. The van der Waals surface area contributed by atoms with E-state index in [0.717, 1.165) is 3.79 Å². The molecule has 2 aromatic heterocycles. The molecule has 2 rings (SSSR count). The van der Waals surface area contributed by atoms with Crippen LogP contribution in [0, 0.1) is 0 Å². The molecule has 0 amide bonds. The molecule has 2 aromatic rings. The molecule has 4 nitrogen and oxygen atoms in total. The van der Waals surface area contributed by atoms with E-state index >= 15 is 0 Å². The van der Waals surface area contributed by atoms with Gasteiger partial charge >= 0.3 is 0 Å². The van der Waals surface area contributed by atoms with Crippen LogP contribution < -0.4 is 0 Å². The van der Waals surface area contributed by atoms with Gasteiger partial charge in [-0.15, -0.1) is 16.4 Å². The number of aromatic nitrogens is 3. The van der Waals surface area contributed by atoms with Gasteiger partial charge in [0.05, 0.1) is 9.98 Å². The SMILES string of the molecule is Cn1cc(C(=O)c2csc(Br)c2)nn1. The minimum Gasteiger partial charge on any atom is -0.287 e. The van der Waals surface area contributed by atoms with Gasteiger partial charge in [0, 0.05) is 18.0 Å². The lowest BCUT2D eigenvalue weighted by Crippen LogP contribution is -1.99. The number of hydrogen-bond donors (Lipinski definition) is 0. The van der Waals surface area contributed by atoms with Crippen molar-refractivity contribution in [2.75, 3.05) is 0 Å². The second-order valence-electron chi connectivity index (χ2n) is 2.75. The van der Waals surface area contributed by atoms with E-state index in [1.54, 1.807) is 24.7 Å². The van der Waals surface area contributed by atoms with Crippen LogP contribution in [0.1, 0.15) is 16.1 Å². The number of nitrogens with zero attached hydrogens (tertiary/aromatic N) is 3. The van der Waals surface area contributed by atoms with Gasteiger partial charge in [-0.1, -0.05) is 5.21 Å². The molecule has 0 aliphatic carbocycles. The predicted molar refractivity (Wildman–Crippen MR) is 56.5 cm³/mol. The second kappa shape index (κ2) is 3.62. The van der Waals surface area contributed by atoms with Crippen molar-refractivity contribution in [3.63, 3.8) is 0 Å². The Bertz CT molecular complexity index is 434. The number of aryl methyl sites for hydroxylation is 1. The topological polar surface area (TPSA) is 47.8 Å². The van der Waals surface area contributed by atoms with Crippen LogP contribution in [0.3, 0.4) is 0 Å². The number of carbonyl (C=O) groups is 1. The first-order valence-corrected chi connectivity index (χ1v) is 5.49. The van der Waals surface area contributed by atoms with Gasteiger partial charge in [0.1, 0.15) is 0 Å². The van der Waals surface area contributed by atoms with Crippen LogP contribution in [0.2, 0.25) is 0 Å². The van der Waals surface area contributed by atoms with Gasteiger partial charge in [-0.2, -0.15) is 0 Å². The molecule has 0 aliphatic heterocycles. The Morgan fingerprint density at radius 2 is 2.43 bits per heavy atom. The molecular formula is C8H6BrN3OS. The van der Waals surface area contributed by atoms with Crippen molar-refractivity contribution in [2.24, 2.45) is 7.05 Å². The maximum Gasteiger partial charge on any atom is 0.215 e. The van der Waals surface area contributed by atoms with Crippen molar-refractivity contribution >= 4 is 33.0 Å². The summed E-state index contributed by atoms with van der Waals surface area (Å²) in [4.78, 5) is 11.7. The Labute approximate surface area is 92.7 Å². The van der Waals surface area contributed by atoms with Gasteiger partial charge in [0.25, 0.3) is 0 Å². The van der Waals surface area contributed by atoms with Crippen molar-refractivity contribution in [1.82, 2.24) is 15.0 Å². The molecule has 6 heteroatoms. The van der Waals surface area contributed by atoms with Gasteiger partial charge in [-0.25, -0.2) is 0 Å². The van der Waals surface area contributed by atoms with Gasteiger partial charge in [0.15, 0.2) is 5.69 Å². The monoisotopic (exact) mass is 271 g/mol. The molecule has 0 aliphatic rings. The molecule has 0 atom stereocenters. The average Bonchev–Trinajstić information content (AvgIpc) is 2.73. The Kier molecular flexibility index (Phi) is 2.47. The fraction of sp³-hybridized carbons (Fsp3) is 0.125. The highest BCUT2D eigenvalue weighted by Crippen LogP contribution is 2.22. The van der Waals surface area contributed by atoms with Crippen LogP contribution >= 0.6 is 27.3 Å². The summed E-state index contributed by atoms with van der Waals surface area (Å²) in [6.07, 6.45) is 1.61. The molecule has 72 valence electrons. The van der Waals surface area contributed by atoms with E-state index in [0.29, 0.717) is 11.3 Å². The first kappa shape index (κ1) is 9.54. The van der Waals surface area contributed by atoms with Crippen molar-refractivity contribution in [3.8, 4) is 0 Å². The smallest absolute Gasteiger partial charge is 0.215 e. The molecular weight excluding hydrogens is 266 g/mol. The van der Waals surface area contributed by atoms with Crippen molar-refractivity contribution in [3.05, 3.63) is 32.7 Å². The van der Waals surface area contributed by atoms with E-state index in [9.17, 15) is 4.79 Å². The highest BCUT2D eigenvalue weighted by molar-refractivity contribution is 9.11. The molecule has 0 spiro atoms. The zero-order valence-corrected chi connectivity index (χ0v) is 9.67. The summed E-state index contributed by atoms with van der Waals surface area (Å²) in [6, 6.07) is 1.78. The number of halogens is 1. The largest absolute Gasteiger partial charge is 0.287 e. The lowest BCUT2D eigenvalue weighted by atomic mass is 10.2. The fourth-order valence-electron chi connectivity index (χ4n) is 1.03. The molecule has 0 bridgehead atoms. The number of hydrogen-bond acceptors (Lipinski definition) is 4. The third-order valence-corrected chi connectivity index (χ3v) is 3.17. The summed E-state index contributed by atoms with van der Waals surface area (Å²) >= 11 is 4.78. The van der Waals surface area contributed by atoms with Crippen molar-refractivity contribution in [1.29, 1.82) is 0 Å². The predicted octanol–water partition coefficient (Wildman–Crippen LogP) is 1.87. The van der Waals surface area contributed by atoms with Crippen LogP contribution in [0.25, 0.3) is 0 Å². The zero-order valence-electron chi connectivity index (χ0n) is 7.27. The van der Waals surface area contributed by atoms with E-state index in [4.69, 9.17) is 0 Å². The Balaban J connectivity index is 2.33. The van der Waals surface area contributed by atoms with Crippen molar-refractivity contribution in [2.45, 2.75) is 0 Å². The Morgan fingerprint density at radius 3 is 2.93 bits per heavy atom. The molecule has 2 heterocycles. The van der Waals surface area contributed by atoms with Crippen LogP contribution in [0.5, 0.6) is 0 Å². The normalized spacial score (nSPS) is 10.4. The highest BCUT2D eigenvalue weighted by Gasteiger charge is 2.13. The lowest BCUT2D eigenvalue weighted by Gasteiger charge is -1.88. The first-order valence-electron chi connectivity index (χ1n) is 3.82. The van der Waals surface area contributed by atoms with E-state index in [1.807, 2.05) is 0 Å². The first-order chi connectivity index (χ1) is 6.66. The third-order valence-electron chi connectivity index (χ3n) is 1.66. The number of ketones is 1. The summed E-state index contributed by atoms with van der Waals surface area (Å²) in [5.74, 6) is -0.0972. The average molecular weight is 272 g/mol. The van der Waals surface area contributed by atoms with E-state index in [-0.39, 0.29) is 5.78 Å².